The summed E-state index contributed by atoms with van der Waals surface area (Å²) in [6.45, 7) is 5.77. The van der Waals surface area contributed by atoms with Crippen LogP contribution in [0.15, 0.2) is 18.3 Å². The van der Waals surface area contributed by atoms with Gasteiger partial charge in [-0.15, -0.1) is 0 Å². The summed E-state index contributed by atoms with van der Waals surface area (Å²) in [5, 5.41) is 5.84. The average molecular weight is 292 g/mol. The number of carbonyl (C=O) groups is 1. The van der Waals surface area contributed by atoms with Gasteiger partial charge in [-0.05, 0) is 25.6 Å². The van der Waals surface area contributed by atoms with E-state index in [4.69, 9.17) is 4.74 Å². The van der Waals surface area contributed by atoms with Crippen LogP contribution in [0.25, 0.3) is 0 Å². The van der Waals surface area contributed by atoms with E-state index in [-0.39, 0.29) is 12.0 Å². The van der Waals surface area contributed by atoms with Crippen molar-refractivity contribution in [3.8, 4) is 0 Å². The van der Waals surface area contributed by atoms with Crippen molar-refractivity contribution < 1.29 is 9.53 Å². The van der Waals surface area contributed by atoms with Crippen LogP contribution in [-0.4, -0.2) is 50.3 Å². The van der Waals surface area contributed by atoms with Gasteiger partial charge in [0.2, 0.25) is 5.91 Å². The van der Waals surface area contributed by atoms with Crippen molar-refractivity contribution in [2.45, 2.75) is 26.0 Å². The van der Waals surface area contributed by atoms with Crippen molar-refractivity contribution in [3.05, 3.63) is 23.9 Å². The largest absolute Gasteiger partial charge is 0.375 e. The van der Waals surface area contributed by atoms with Gasteiger partial charge in [0.1, 0.15) is 5.82 Å². The van der Waals surface area contributed by atoms with Crippen LogP contribution in [0, 0.1) is 0 Å². The molecule has 1 saturated heterocycles. The van der Waals surface area contributed by atoms with E-state index in [1.54, 1.807) is 0 Å². The van der Waals surface area contributed by atoms with Crippen LogP contribution < -0.4 is 15.5 Å². The minimum absolute atomic E-state index is 0.0513. The van der Waals surface area contributed by atoms with Gasteiger partial charge in [0.15, 0.2) is 0 Å². The van der Waals surface area contributed by atoms with Crippen LogP contribution in [0.2, 0.25) is 0 Å². The molecule has 2 heterocycles. The Morgan fingerprint density at radius 1 is 1.52 bits per heavy atom. The number of pyridine rings is 1. The number of morpholine rings is 1. The molecular formula is C15H24N4O2. The highest BCUT2D eigenvalue weighted by atomic mass is 16.5. The third-order valence-electron chi connectivity index (χ3n) is 3.47. The van der Waals surface area contributed by atoms with E-state index >= 15 is 0 Å². The monoisotopic (exact) mass is 292 g/mol. The van der Waals surface area contributed by atoms with E-state index in [0.29, 0.717) is 19.5 Å². The lowest BCUT2D eigenvalue weighted by molar-refractivity contribution is -0.121. The lowest BCUT2D eigenvalue weighted by Gasteiger charge is -2.32. The Kier molecular flexibility index (Phi) is 5.95. The van der Waals surface area contributed by atoms with Gasteiger partial charge < -0.3 is 20.3 Å². The van der Waals surface area contributed by atoms with Crippen molar-refractivity contribution in [1.82, 2.24) is 15.6 Å². The topological polar surface area (TPSA) is 66.5 Å². The van der Waals surface area contributed by atoms with Crippen LogP contribution in [-0.2, 0) is 16.1 Å². The van der Waals surface area contributed by atoms with Crippen molar-refractivity contribution >= 4 is 11.7 Å². The molecule has 2 rings (SSSR count). The summed E-state index contributed by atoms with van der Waals surface area (Å²) in [5.74, 6) is 1.02. The van der Waals surface area contributed by atoms with Crippen LogP contribution >= 0.6 is 0 Å². The summed E-state index contributed by atoms with van der Waals surface area (Å²) in [6, 6.07) is 4.02. The lowest BCUT2D eigenvalue weighted by Crippen LogP contribution is -2.41. The highest BCUT2D eigenvalue weighted by molar-refractivity contribution is 5.76. The average Bonchev–Trinajstić information content (AvgIpc) is 2.51. The second kappa shape index (κ2) is 7.95. The summed E-state index contributed by atoms with van der Waals surface area (Å²) in [6.07, 6.45) is 2.56. The maximum Gasteiger partial charge on any atom is 0.221 e. The summed E-state index contributed by atoms with van der Waals surface area (Å²) >= 11 is 0. The molecule has 2 N–H and O–H groups in total. The van der Waals surface area contributed by atoms with Crippen LogP contribution in [0.1, 0.15) is 18.9 Å². The highest BCUT2D eigenvalue weighted by Gasteiger charge is 2.17. The molecule has 1 amide bonds. The van der Waals surface area contributed by atoms with E-state index in [9.17, 15) is 4.79 Å². The molecule has 0 spiro atoms. The van der Waals surface area contributed by atoms with E-state index in [1.165, 1.54) is 0 Å². The molecular weight excluding hydrogens is 268 g/mol. The van der Waals surface area contributed by atoms with Gasteiger partial charge in [-0.25, -0.2) is 4.98 Å². The fourth-order valence-corrected chi connectivity index (χ4v) is 2.26. The number of anilines is 1. The third-order valence-corrected chi connectivity index (χ3v) is 3.47. The van der Waals surface area contributed by atoms with Gasteiger partial charge in [0, 0.05) is 38.8 Å². The summed E-state index contributed by atoms with van der Waals surface area (Å²) in [7, 11) is 1.84. The smallest absolute Gasteiger partial charge is 0.221 e. The molecule has 1 unspecified atom stereocenters. The molecule has 21 heavy (non-hydrogen) atoms. The standard InChI is InChI=1S/C15H24N4O2/c1-12-11-19(7-8-21-12)14-4-3-13(9-17-14)10-18-15(20)5-6-16-2/h3-4,9,12,16H,5-8,10-11H2,1-2H3,(H,18,20). The summed E-state index contributed by atoms with van der Waals surface area (Å²) < 4.78 is 5.53. The molecule has 0 aliphatic carbocycles. The Labute approximate surface area is 125 Å². The molecule has 1 aromatic rings. The Balaban J connectivity index is 1.83. The van der Waals surface area contributed by atoms with Crippen molar-refractivity contribution in [2.24, 2.45) is 0 Å². The molecule has 0 bridgehead atoms. The highest BCUT2D eigenvalue weighted by Crippen LogP contribution is 2.15. The molecule has 1 aliphatic heterocycles. The van der Waals surface area contributed by atoms with Crippen molar-refractivity contribution in [1.29, 1.82) is 0 Å². The molecule has 1 atom stereocenters. The van der Waals surface area contributed by atoms with E-state index < -0.39 is 0 Å². The fourth-order valence-electron chi connectivity index (χ4n) is 2.26. The Morgan fingerprint density at radius 2 is 2.38 bits per heavy atom. The molecule has 1 aliphatic rings. The van der Waals surface area contributed by atoms with Gasteiger partial charge in [-0.3, -0.25) is 4.79 Å². The number of hydrogen-bond acceptors (Lipinski definition) is 5. The lowest BCUT2D eigenvalue weighted by atomic mass is 10.2. The maximum absolute atomic E-state index is 11.5. The first-order valence-corrected chi connectivity index (χ1v) is 7.42. The van der Waals surface area contributed by atoms with Gasteiger partial charge >= 0.3 is 0 Å². The van der Waals surface area contributed by atoms with Gasteiger partial charge in [0.25, 0.3) is 0 Å². The number of rotatable bonds is 6. The summed E-state index contributed by atoms with van der Waals surface area (Å²) in [5.41, 5.74) is 1.01. The first-order valence-electron chi connectivity index (χ1n) is 7.42. The maximum atomic E-state index is 11.5. The normalized spacial score (nSPS) is 18.6. The second-order valence-corrected chi connectivity index (χ2v) is 5.28. The molecule has 6 nitrogen and oxygen atoms in total. The molecule has 1 fully saturated rings. The fraction of sp³-hybridized carbons (Fsp3) is 0.600. The van der Waals surface area contributed by atoms with Crippen LogP contribution in [0.4, 0.5) is 5.82 Å². The van der Waals surface area contributed by atoms with Gasteiger partial charge in [-0.2, -0.15) is 0 Å². The summed E-state index contributed by atoms with van der Waals surface area (Å²) in [4.78, 5) is 18.2. The quantitative estimate of drug-likeness (QED) is 0.801. The number of carbonyl (C=O) groups excluding carboxylic acids is 1. The molecule has 0 aromatic carbocycles. The van der Waals surface area contributed by atoms with Crippen LogP contribution in [0.5, 0.6) is 0 Å². The SMILES string of the molecule is CNCCC(=O)NCc1ccc(N2CCOC(C)C2)nc1. The predicted molar refractivity (Wildman–Crippen MR) is 82.3 cm³/mol. The van der Waals surface area contributed by atoms with Crippen molar-refractivity contribution in [3.63, 3.8) is 0 Å². The molecule has 1 aromatic heterocycles. The van der Waals surface area contributed by atoms with Gasteiger partial charge in [-0.1, -0.05) is 6.07 Å². The predicted octanol–water partition coefficient (Wildman–Crippen LogP) is 0.532. The number of aromatic nitrogens is 1. The first kappa shape index (κ1) is 15.7. The molecule has 6 heteroatoms. The Hall–Kier alpha value is -1.66. The Morgan fingerprint density at radius 3 is 3.05 bits per heavy atom. The second-order valence-electron chi connectivity index (χ2n) is 5.28. The third kappa shape index (κ3) is 4.99. The molecule has 0 saturated carbocycles. The molecule has 0 radical (unpaired) electrons. The Bertz CT molecular complexity index is 449. The number of hydrogen-bond donors (Lipinski definition) is 2. The number of ether oxygens (including phenoxy) is 1. The van der Waals surface area contributed by atoms with Crippen LogP contribution in [0.3, 0.4) is 0 Å². The number of amides is 1. The zero-order valence-corrected chi connectivity index (χ0v) is 12.8. The number of nitrogens with zero attached hydrogens (tertiary/aromatic N) is 2. The van der Waals surface area contributed by atoms with E-state index in [2.05, 4.69) is 27.4 Å². The van der Waals surface area contributed by atoms with Crippen molar-refractivity contribution in [2.75, 3.05) is 38.2 Å². The molecule has 116 valence electrons. The van der Waals surface area contributed by atoms with Gasteiger partial charge in [0.05, 0.1) is 12.7 Å². The minimum atomic E-state index is 0.0513. The van der Waals surface area contributed by atoms with E-state index in [1.807, 2.05) is 25.4 Å². The first-order chi connectivity index (χ1) is 10.2. The number of nitrogens with one attached hydrogen (secondary N) is 2. The zero-order chi connectivity index (χ0) is 15.1. The minimum Gasteiger partial charge on any atom is -0.375 e. The zero-order valence-electron chi connectivity index (χ0n) is 12.8. The van der Waals surface area contributed by atoms with E-state index in [0.717, 1.165) is 31.1 Å².